The topological polar surface area (TPSA) is 70.2 Å². The number of benzene rings is 2. The maximum absolute atomic E-state index is 13.2. The van der Waals surface area contributed by atoms with Gasteiger partial charge in [-0.25, -0.2) is 14.4 Å². The van der Waals surface area contributed by atoms with Crippen LogP contribution in [0, 0.1) is 5.82 Å². The first-order valence-corrected chi connectivity index (χ1v) is 11.9. The van der Waals surface area contributed by atoms with E-state index in [0.717, 1.165) is 28.4 Å². The first-order valence-electron chi connectivity index (χ1n) is 11.1. The molecule has 2 heterocycles. The van der Waals surface area contributed by atoms with Gasteiger partial charge in [-0.2, -0.15) is 0 Å². The van der Waals surface area contributed by atoms with Crippen molar-refractivity contribution in [3.63, 3.8) is 0 Å². The Balaban J connectivity index is 1.70. The highest BCUT2D eigenvalue weighted by Crippen LogP contribution is 2.27. The molecule has 6 nitrogen and oxygen atoms in total. The Kier molecular flexibility index (Phi) is 7.57. The largest absolute Gasteiger partial charge is 0.486 e. The van der Waals surface area contributed by atoms with E-state index in [2.05, 4.69) is 27.8 Å². The first-order chi connectivity index (χ1) is 16.4. The van der Waals surface area contributed by atoms with Gasteiger partial charge in [-0.05, 0) is 41.8 Å². The number of hydrogen-bond acceptors (Lipinski definition) is 5. The monoisotopic (exact) mass is 525 g/mol. The van der Waals surface area contributed by atoms with Gasteiger partial charge in [-0.15, -0.1) is 0 Å². The minimum Gasteiger partial charge on any atom is -0.486 e. The van der Waals surface area contributed by atoms with E-state index in [-0.39, 0.29) is 28.7 Å². The highest BCUT2D eigenvalue weighted by molar-refractivity contribution is 9.10. The standard InChI is InChI=1S/C26H25BrFN3O3/c1-3-4-13-33-24-23(25-29-16-21(34-25)14-17-7-11-20(28)12-8-17)30-22(31(2)26(24)32)15-18-5-9-19(27)10-6-18/h5-12,16H,3-4,13-15H2,1-2H3. The van der Waals surface area contributed by atoms with Gasteiger partial charge in [0.2, 0.25) is 11.6 Å². The van der Waals surface area contributed by atoms with Crippen molar-refractivity contribution in [3.05, 3.63) is 98.1 Å². The number of aromatic nitrogens is 3. The number of nitrogens with zero attached hydrogens (tertiary/aromatic N) is 3. The molecule has 0 fully saturated rings. The molecule has 176 valence electrons. The highest BCUT2D eigenvalue weighted by atomic mass is 79.9. The second-order valence-corrected chi connectivity index (χ2v) is 8.93. The molecule has 0 atom stereocenters. The minimum atomic E-state index is -0.293. The third kappa shape index (κ3) is 5.62. The summed E-state index contributed by atoms with van der Waals surface area (Å²) in [5, 5.41) is 0. The predicted octanol–water partition coefficient (Wildman–Crippen LogP) is 5.70. The second-order valence-electron chi connectivity index (χ2n) is 8.01. The van der Waals surface area contributed by atoms with Crippen LogP contribution in [0.2, 0.25) is 0 Å². The van der Waals surface area contributed by atoms with Crippen LogP contribution in [0.4, 0.5) is 4.39 Å². The lowest BCUT2D eigenvalue weighted by Crippen LogP contribution is -2.25. The smallest absolute Gasteiger partial charge is 0.296 e. The van der Waals surface area contributed by atoms with Gasteiger partial charge >= 0.3 is 0 Å². The quantitative estimate of drug-likeness (QED) is 0.262. The molecule has 4 rings (SSSR count). The van der Waals surface area contributed by atoms with E-state index in [1.54, 1.807) is 25.4 Å². The van der Waals surface area contributed by atoms with Crippen LogP contribution in [0.25, 0.3) is 11.6 Å². The van der Waals surface area contributed by atoms with Crippen LogP contribution in [-0.4, -0.2) is 21.1 Å². The van der Waals surface area contributed by atoms with Crippen LogP contribution in [0.15, 0.2) is 68.4 Å². The molecular weight excluding hydrogens is 501 g/mol. The maximum Gasteiger partial charge on any atom is 0.296 e. The molecule has 0 saturated carbocycles. The van der Waals surface area contributed by atoms with E-state index in [1.165, 1.54) is 16.7 Å². The molecule has 0 radical (unpaired) electrons. The lowest BCUT2D eigenvalue weighted by atomic mass is 10.1. The highest BCUT2D eigenvalue weighted by Gasteiger charge is 2.22. The van der Waals surface area contributed by atoms with Gasteiger partial charge in [-0.1, -0.05) is 53.5 Å². The van der Waals surface area contributed by atoms with Crippen LogP contribution in [0.3, 0.4) is 0 Å². The Morgan fingerprint density at radius 2 is 1.74 bits per heavy atom. The van der Waals surface area contributed by atoms with Crippen molar-refractivity contribution in [2.45, 2.75) is 32.6 Å². The zero-order chi connectivity index (χ0) is 24.1. The van der Waals surface area contributed by atoms with Gasteiger partial charge in [0.15, 0.2) is 5.69 Å². The molecular formula is C26H25BrFN3O3. The summed E-state index contributed by atoms with van der Waals surface area (Å²) in [7, 11) is 1.69. The molecule has 4 aromatic rings. The van der Waals surface area contributed by atoms with Crippen molar-refractivity contribution in [1.29, 1.82) is 0 Å². The summed E-state index contributed by atoms with van der Waals surface area (Å²) < 4.78 is 27.5. The van der Waals surface area contributed by atoms with Crippen LogP contribution >= 0.6 is 15.9 Å². The third-order valence-corrected chi connectivity index (χ3v) is 5.94. The molecule has 2 aromatic heterocycles. The predicted molar refractivity (Wildman–Crippen MR) is 132 cm³/mol. The molecule has 0 spiro atoms. The van der Waals surface area contributed by atoms with E-state index in [0.29, 0.717) is 31.0 Å². The SMILES string of the molecule is CCCCOc1c(-c2ncc(Cc3ccc(F)cc3)o2)nc(Cc2ccc(Br)cc2)n(C)c1=O. The van der Waals surface area contributed by atoms with Crippen molar-refractivity contribution in [1.82, 2.24) is 14.5 Å². The van der Waals surface area contributed by atoms with Crippen LogP contribution < -0.4 is 10.3 Å². The number of hydrogen-bond donors (Lipinski definition) is 0. The number of rotatable bonds is 9. The summed E-state index contributed by atoms with van der Waals surface area (Å²) in [5.74, 6) is 1.21. The van der Waals surface area contributed by atoms with Gasteiger partial charge in [0.25, 0.3) is 5.56 Å². The van der Waals surface area contributed by atoms with E-state index in [9.17, 15) is 9.18 Å². The van der Waals surface area contributed by atoms with Gasteiger partial charge < -0.3 is 9.15 Å². The number of halogens is 2. The summed E-state index contributed by atoms with van der Waals surface area (Å²) in [4.78, 5) is 22.4. The lowest BCUT2D eigenvalue weighted by Gasteiger charge is -2.14. The molecule has 0 aliphatic carbocycles. The average molecular weight is 526 g/mol. The Hall–Kier alpha value is -3.26. The van der Waals surface area contributed by atoms with Crippen molar-refractivity contribution >= 4 is 15.9 Å². The summed E-state index contributed by atoms with van der Waals surface area (Å²) in [6, 6.07) is 14.1. The van der Waals surface area contributed by atoms with E-state index >= 15 is 0 Å². The van der Waals surface area contributed by atoms with Crippen molar-refractivity contribution in [3.8, 4) is 17.3 Å². The van der Waals surface area contributed by atoms with Crippen molar-refractivity contribution in [2.75, 3.05) is 6.61 Å². The molecule has 0 amide bonds. The molecule has 0 N–H and O–H groups in total. The van der Waals surface area contributed by atoms with Crippen LogP contribution in [-0.2, 0) is 19.9 Å². The molecule has 8 heteroatoms. The van der Waals surface area contributed by atoms with Crippen LogP contribution in [0.5, 0.6) is 5.75 Å². The molecule has 0 aliphatic heterocycles. The van der Waals surface area contributed by atoms with Gasteiger partial charge in [0.05, 0.1) is 12.8 Å². The maximum atomic E-state index is 13.2. The van der Waals surface area contributed by atoms with E-state index < -0.39 is 0 Å². The van der Waals surface area contributed by atoms with E-state index in [4.69, 9.17) is 14.1 Å². The molecule has 34 heavy (non-hydrogen) atoms. The number of unbranched alkanes of at least 4 members (excludes halogenated alkanes) is 1. The summed E-state index contributed by atoms with van der Waals surface area (Å²) in [5.41, 5.74) is 1.90. The molecule has 0 bridgehead atoms. The third-order valence-electron chi connectivity index (χ3n) is 5.41. The fraction of sp³-hybridized carbons (Fsp3) is 0.269. The van der Waals surface area contributed by atoms with Gasteiger partial charge in [0.1, 0.15) is 17.4 Å². The molecule has 0 saturated heterocycles. The van der Waals surface area contributed by atoms with Crippen molar-refractivity contribution < 1.29 is 13.5 Å². The minimum absolute atomic E-state index is 0.130. The normalized spacial score (nSPS) is 11.1. The summed E-state index contributed by atoms with van der Waals surface area (Å²) in [6.07, 6.45) is 4.25. The fourth-order valence-electron chi connectivity index (χ4n) is 3.46. The second kappa shape index (κ2) is 10.8. The van der Waals surface area contributed by atoms with Gasteiger partial charge in [-0.3, -0.25) is 9.36 Å². The van der Waals surface area contributed by atoms with E-state index in [1.807, 2.05) is 24.3 Å². The molecule has 0 unspecified atom stereocenters. The first kappa shape index (κ1) is 23.9. The molecule has 0 aliphatic rings. The summed E-state index contributed by atoms with van der Waals surface area (Å²) in [6.45, 7) is 2.45. The number of ether oxygens (including phenoxy) is 1. The zero-order valence-corrected chi connectivity index (χ0v) is 20.6. The fourth-order valence-corrected chi connectivity index (χ4v) is 3.73. The zero-order valence-electron chi connectivity index (χ0n) is 19.1. The Morgan fingerprint density at radius 3 is 2.44 bits per heavy atom. The Morgan fingerprint density at radius 1 is 1.06 bits per heavy atom. The van der Waals surface area contributed by atoms with Crippen LogP contribution in [0.1, 0.15) is 42.5 Å². The lowest BCUT2D eigenvalue weighted by molar-refractivity contribution is 0.301. The van der Waals surface area contributed by atoms with Gasteiger partial charge in [0, 0.05) is 24.4 Å². The van der Waals surface area contributed by atoms with Crippen molar-refractivity contribution in [2.24, 2.45) is 7.05 Å². The Labute approximate surface area is 205 Å². The summed E-state index contributed by atoms with van der Waals surface area (Å²) >= 11 is 3.44. The Bertz CT molecular complexity index is 1310. The molecule has 2 aromatic carbocycles. The average Bonchev–Trinajstić information content (AvgIpc) is 3.29. The number of oxazole rings is 1.